The van der Waals surface area contributed by atoms with E-state index in [0.29, 0.717) is 19.8 Å². The number of hydrogen-bond donors (Lipinski definition) is 2. The van der Waals surface area contributed by atoms with Crippen LogP contribution in [0.1, 0.15) is 33.6 Å². The molecular formula is C23H22N4O5. The number of aromatic carboxylic acids is 1. The lowest BCUT2D eigenvalue weighted by molar-refractivity contribution is 0.0690. The van der Waals surface area contributed by atoms with E-state index in [9.17, 15) is 9.59 Å². The van der Waals surface area contributed by atoms with Crippen LogP contribution in [0.15, 0.2) is 54.7 Å². The standard InChI is InChI=1S/C23H22N4O5/c28-22(29)20-10-27(26-25-20)21-13-31-11-14(21)9-24-23(30)32-12-19-17-7-3-1-5-15(17)16-6-2-4-8-18(16)19/h1-8,10,14,19,21H,9,11-13H2,(H,24,30)(H,28,29)/t14-,21-/m1/s1. The van der Waals surface area contributed by atoms with Gasteiger partial charge in [-0.1, -0.05) is 53.7 Å². The number of carboxylic acid groups (broad SMARTS) is 1. The predicted octanol–water partition coefficient (Wildman–Crippen LogP) is 2.70. The smallest absolute Gasteiger partial charge is 0.407 e. The number of nitrogens with zero attached hydrogens (tertiary/aromatic N) is 3. The van der Waals surface area contributed by atoms with E-state index in [-0.39, 0.29) is 30.2 Å². The van der Waals surface area contributed by atoms with Gasteiger partial charge in [0.25, 0.3) is 0 Å². The fourth-order valence-electron chi connectivity index (χ4n) is 4.48. The van der Waals surface area contributed by atoms with Gasteiger partial charge in [-0.25, -0.2) is 14.3 Å². The summed E-state index contributed by atoms with van der Waals surface area (Å²) in [6, 6.07) is 16.2. The highest BCUT2D eigenvalue weighted by molar-refractivity contribution is 5.84. The molecule has 2 heterocycles. The predicted molar refractivity (Wildman–Crippen MR) is 113 cm³/mol. The van der Waals surface area contributed by atoms with Gasteiger partial charge in [-0.15, -0.1) is 5.10 Å². The van der Waals surface area contributed by atoms with Gasteiger partial charge in [0.05, 0.1) is 25.5 Å². The molecule has 0 radical (unpaired) electrons. The Hall–Kier alpha value is -3.72. The Kier molecular flexibility index (Phi) is 5.32. The molecule has 1 aromatic heterocycles. The van der Waals surface area contributed by atoms with Crippen LogP contribution in [-0.4, -0.2) is 58.5 Å². The average molecular weight is 434 g/mol. The first kappa shape index (κ1) is 20.2. The quantitative estimate of drug-likeness (QED) is 0.613. The van der Waals surface area contributed by atoms with Crippen molar-refractivity contribution >= 4 is 12.1 Å². The molecule has 1 fully saturated rings. The molecule has 9 nitrogen and oxygen atoms in total. The second kappa shape index (κ2) is 8.43. The number of benzene rings is 2. The molecule has 9 heteroatoms. The van der Waals surface area contributed by atoms with Crippen molar-refractivity contribution in [3.05, 3.63) is 71.5 Å². The lowest BCUT2D eigenvalue weighted by Crippen LogP contribution is -2.34. The van der Waals surface area contributed by atoms with E-state index < -0.39 is 12.1 Å². The molecule has 2 aliphatic rings. The van der Waals surface area contributed by atoms with Crippen molar-refractivity contribution in [1.82, 2.24) is 20.3 Å². The highest BCUT2D eigenvalue weighted by Crippen LogP contribution is 2.44. The summed E-state index contributed by atoms with van der Waals surface area (Å²) in [6.45, 7) is 1.37. The molecule has 2 N–H and O–H groups in total. The highest BCUT2D eigenvalue weighted by atomic mass is 16.5. The molecule has 0 saturated carbocycles. The number of aromatic nitrogens is 3. The van der Waals surface area contributed by atoms with Crippen LogP contribution in [-0.2, 0) is 9.47 Å². The van der Waals surface area contributed by atoms with Gasteiger partial charge in [-0.05, 0) is 22.3 Å². The van der Waals surface area contributed by atoms with Crippen molar-refractivity contribution in [3.8, 4) is 11.1 Å². The van der Waals surface area contributed by atoms with Gasteiger partial charge in [-0.3, -0.25) is 0 Å². The zero-order chi connectivity index (χ0) is 22.1. The Morgan fingerprint density at radius 2 is 1.78 bits per heavy atom. The van der Waals surface area contributed by atoms with E-state index in [0.717, 1.165) is 11.1 Å². The summed E-state index contributed by atoms with van der Waals surface area (Å²) in [5, 5.41) is 19.4. The van der Waals surface area contributed by atoms with Crippen molar-refractivity contribution in [1.29, 1.82) is 0 Å². The Morgan fingerprint density at radius 3 is 2.44 bits per heavy atom. The number of carbonyl (C=O) groups is 2. The summed E-state index contributed by atoms with van der Waals surface area (Å²) >= 11 is 0. The Balaban J connectivity index is 1.19. The van der Waals surface area contributed by atoms with Crippen LogP contribution in [0, 0.1) is 5.92 Å². The maximum absolute atomic E-state index is 12.4. The fourth-order valence-corrected chi connectivity index (χ4v) is 4.48. The van der Waals surface area contributed by atoms with Crippen LogP contribution >= 0.6 is 0 Å². The number of carbonyl (C=O) groups excluding carboxylic acids is 1. The van der Waals surface area contributed by atoms with Crippen molar-refractivity contribution in [2.75, 3.05) is 26.4 Å². The normalized spacial score (nSPS) is 19.4. The second-order valence-corrected chi connectivity index (χ2v) is 7.96. The summed E-state index contributed by atoms with van der Waals surface area (Å²) < 4.78 is 12.6. The van der Waals surface area contributed by atoms with Gasteiger partial charge in [0.15, 0.2) is 5.69 Å². The minimum Gasteiger partial charge on any atom is -0.476 e. The summed E-state index contributed by atoms with van der Waals surface area (Å²) in [5.41, 5.74) is 4.55. The maximum atomic E-state index is 12.4. The lowest BCUT2D eigenvalue weighted by atomic mass is 9.98. The summed E-state index contributed by atoms with van der Waals surface area (Å²) in [6.07, 6.45) is 0.879. The molecule has 0 spiro atoms. The van der Waals surface area contributed by atoms with Gasteiger partial charge in [-0.2, -0.15) is 0 Å². The number of nitrogens with one attached hydrogen (secondary N) is 1. The molecule has 2 atom stereocenters. The van der Waals surface area contributed by atoms with Gasteiger partial charge < -0.3 is 19.9 Å². The molecular weight excluding hydrogens is 412 g/mol. The number of fused-ring (bicyclic) bond motifs is 3. The SMILES string of the molecule is O=C(NC[C@@H]1COC[C@H]1n1cc(C(=O)O)nn1)OCC1c2ccccc2-c2ccccc21. The van der Waals surface area contributed by atoms with Crippen molar-refractivity contribution < 1.29 is 24.2 Å². The van der Waals surface area contributed by atoms with Crippen LogP contribution in [0.4, 0.5) is 4.79 Å². The first-order valence-corrected chi connectivity index (χ1v) is 10.4. The van der Waals surface area contributed by atoms with Crippen molar-refractivity contribution in [2.45, 2.75) is 12.0 Å². The number of ether oxygens (including phenoxy) is 2. The first-order valence-electron chi connectivity index (χ1n) is 10.4. The third-order valence-corrected chi connectivity index (χ3v) is 6.09. The zero-order valence-corrected chi connectivity index (χ0v) is 17.2. The maximum Gasteiger partial charge on any atom is 0.407 e. The molecule has 1 saturated heterocycles. The molecule has 0 unspecified atom stereocenters. The highest BCUT2D eigenvalue weighted by Gasteiger charge is 2.32. The van der Waals surface area contributed by atoms with E-state index in [1.54, 1.807) is 0 Å². The number of amides is 1. The molecule has 32 heavy (non-hydrogen) atoms. The topological polar surface area (TPSA) is 116 Å². The molecule has 1 amide bonds. The fraction of sp³-hybridized carbons (Fsp3) is 0.304. The van der Waals surface area contributed by atoms with Crippen LogP contribution in [0.5, 0.6) is 0 Å². The zero-order valence-electron chi connectivity index (χ0n) is 17.2. The van der Waals surface area contributed by atoms with Crippen molar-refractivity contribution in [2.24, 2.45) is 5.92 Å². The van der Waals surface area contributed by atoms with Gasteiger partial charge in [0.2, 0.25) is 0 Å². The van der Waals surface area contributed by atoms with E-state index in [1.165, 1.54) is 22.0 Å². The number of alkyl carbamates (subject to hydrolysis) is 1. The summed E-state index contributed by atoms with van der Waals surface area (Å²) in [4.78, 5) is 23.5. The molecule has 164 valence electrons. The second-order valence-electron chi connectivity index (χ2n) is 7.96. The number of hydrogen-bond acceptors (Lipinski definition) is 6. The van der Waals surface area contributed by atoms with E-state index in [1.807, 2.05) is 24.3 Å². The minimum absolute atomic E-state index is 0.000278. The van der Waals surface area contributed by atoms with Gasteiger partial charge in [0.1, 0.15) is 6.61 Å². The third kappa shape index (κ3) is 3.71. The van der Waals surface area contributed by atoms with Gasteiger partial charge >= 0.3 is 12.1 Å². The largest absolute Gasteiger partial charge is 0.476 e. The molecule has 1 aliphatic heterocycles. The first-order chi connectivity index (χ1) is 15.6. The molecule has 5 rings (SSSR count). The summed E-state index contributed by atoms with van der Waals surface area (Å²) in [7, 11) is 0. The average Bonchev–Trinajstić information content (AvgIpc) is 3.53. The van der Waals surface area contributed by atoms with Crippen LogP contribution in [0.25, 0.3) is 11.1 Å². The van der Waals surface area contributed by atoms with E-state index >= 15 is 0 Å². The molecule has 2 aromatic carbocycles. The third-order valence-electron chi connectivity index (χ3n) is 6.09. The Bertz CT molecular complexity index is 1120. The monoisotopic (exact) mass is 434 g/mol. The number of carboxylic acids is 1. The Labute approximate surface area is 184 Å². The van der Waals surface area contributed by atoms with Gasteiger partial charge in [0, 0.05) is 18.4 Å². The Morgan fingerprint density at radius 1 is 1.09 bits per heavy atom. The molecule has 1 aliphatic carbocycles. The molecule has 3 aromatic rings. The van der Waals surface area contributed by atoms with E-state index in [4.69, 9.17) is 14.6 Å². The van der Waals surface area contributed by atoms with Crippen LogP contribution in [0.3, 0.4) is 0 Å². The van der Waals surface area contributed by atoms with E-state index in [2.05, 4.69) is 39.9 Å². The van der Waals surface area contributed by atoms with Crippen LogP contribution < -0.4 is 5.32 Å². The van der Waals surface area contributed by atoms with Crippen molar-refractivity contribution in [3.63, 3.8) is 0 Å². The molecule has 0 bridgehead atoms. The van der Waals surface area contributed by atoms with Crippen LogP contribution in [0.2, 0.25) is 0 Å². The lowest BCUT2D eigenvalue weighted by Gasteiger charge is -2.19. The minimum atomic E-state index is -1.14. The summed E-state index contributed by atoms with van der Waals surface area (Å²) in [5.74, 6) is -1.21. The number of rotatable bonds is 6.